The van der Waals surface area contributed by atoms with Crippen LogP contribution in [0.4, 0.5) is 4.39 Å². The number of carbonyl (C=O) groups is 1. The molecule has 0 bridgehead atoms. The SMILES string of the molecule is CC[C@H]1OC(=O)[C@H](C)[C@@H](C2C[C@@](C)(OC)[C@@H](O)[C@H](C)O2)[C@H](C)[C@@H](O[C@@H]2O[C@H](C)C[C@H](N(C)CCc3cn([C@H](CF)[C@H](OC)c4ccc(C5=CCS(=O)(=O)C5)cc4)nn3)[C@H]2O)[C@](C)(O)C[C@@H](C)CN(C)[C@H](C)[C@@H](O)[C@]1(C)O. The Balaban J connectivity index is 1.26. The second kappa shape index (κ2) is 25.2. The molecule has 432 valence electrons. The number of methoxy groups -OCH3 is 2. The summed E-state index contributed by atoms with van der Waals surface area (Å²) < 4.78 is 78.5. The molecule has 5 heterocycles. The number of aliphatic hydroxyl groups is 5. The van der Waals surface area contributed by atoms with Gasteiger partial charge in [0.2, 0.25) is 0 Å². The summed E-state index contributed by atoms with van der Waals surface area (Å²) in [6.07, 6.45) is -4.85. The molecule has 5 N–H and O–H groups in total. The largest absolute Gasteiger partial charge is 0.459 e. The molecule has 1 aromatic heterocycles. The third-order valence-corrected chi connectivity index (χ3v) is 18.8. The third kappa shape index (κ3) is 13.7. The number of sulfone groups is 1. The molecular formula is C55H90FN5O14S. The van der Waals surface area contributed by atoms with Crippen LogP contribution in [-0.4, -0.2) is 208 Å². The van der Waals surface area contributed by atoms with Crippen molar-refractivity contribution in [2.75, 3.05) is 59.6 Å². The monoisotopic (exact) mass is 1100 g/mol. The average molecular weight is 1100 g/mol. The first-order valence-electron chi connectivity index (χ1n) is 27.1. The van der Waals surface area contributed by atoms with Gasteiger partial charge in [-0.2, -0.15) is 0 Å². The van der Waals surface area contributed by atoms with E-state index in [0.717, 1.165) is 11.1 Å². The highest BCUT2D eigenvalue weighted by atomic mass is 32.2. The molecule has 0 spiro atoms. The number of esters is 1. The van der Waals surface area contributed by atoms with Crippen LogP contribution in [-0.2, 0) is 49.5 Å². The number of ether oxygens (including phenoxy) is 6. The van der Waals surface area contributed by atoms with Crippen LogP contribution in [0.2, 0.25) is 0 Å². The molecule has 4 aliphatic heterocycles. The Kier molecular flexibility index (Phi) is 20.6. The van der Waals surface area contributed by atoms with Crippen molar-refractivity contribution in [3.05, 3.63) is 53.4 Å². The van der Waals surface area contributed by atoms with Gasteiger partial charge in [0, 0.05) is 64.3 Å². The summed E-state index contributed by atoms with van der Waals surface area (Å²) in [6.45, 7) is 17.7. The number of benzene rings is 1. The molecule has 1 unspecified atom stereocenters. The zero-order valence-corrected chi connectivity index (χ0v) is 48.1. The molecule has 21 heteroatoms. The molecule has 2 aromatic rings. The van der Waals surface area contributed by atoms with Crippen LogP contribution in [0.3, 0.4) is 0 Å². The van der Waals surface area contributed by atoms with Gasteiger partial charge in [0.15, 0.2) is 16.1 Å². The fourth-order valence-electron chi connectivity index (χ4n) is 12.7. The molecule has 76 heavy (non-hydrogen) atoms. The highest BCUT2D eigenvalue weighted by molar-refractivity contribution is 7.92. The number of aliphatic hydroxyl groups excluding tert-OH is 3. The number of cyclic esters (lactones) is 1. The normalized spacial score (nSPS) is 40.2. The third-order valence-electron chi connectivity index (χ3n) is 17.4. The Hall–Kier alpha value is -3.03. The van der Waals surface area contributed by atoms with Crippen molar-refractivity contribution in [3.63, 3.8) is 0 Å². The summed E-state index contributed by atoms with van der Waals surface area (Å²) in [5.74, 6) is -3.33. The minimum atomic E-state index is -3.15. The van der Waals surface area contributed by atoms with Gasteiger partial charge in [-0.1, -0.05) is 63.2 Å². The van der Waals surface area contributed by atoms with Gasteiger partial charge in [0.25, 0.3) is 0 Å². The molecule has 4 aliphatic rings. The van der Waals surface area contributed by atoms with E-state index in [9.17, 15) is 43.1 Å². The fraction of sp³-hybridized carbons (Fsp3) is 0.800. The number of carbonyl (C=O) groups excluding carboxylic acids is 1. The summed E-state index contributed by atoms with van der Waals surface area (Å²) in [4.78, 5) is 18.6. The zero-order valence-electron chi connectivity index (χ0n) is 47.3. The van der Waals surface area contributed by atoms with Gasteiger partial charge in [-0.15, -0.1) is 5.10 Å². The van der Waals surface area contributed by atoms with E-state index in [1.54, 1.807) is 65.9 Å². The number of alkyl halides is 1. The molecule has 3 fully saturated rings. The number of halogens is 1. The van der Waals surface area contributed by atoms with Crippen LogP contribution in [0, 0.1) is 23.7 Å². The molecular weight excluding hydrogens is 1010 g/mol. The highest BCUT2D eigenvalue weighted by Crippen LogP contribution is 2.45. The van der Waals surface area contributed by atoms with Crippen LogP contribution in [0.15, 0.2) is 36.5 Å². The van der Waals surface area contributed by atoms with E-state index in [1.165, 1.54) is 25.8 Å². The Morgan fingerprint density at radius 3 is 2.25 bits per heavy atom. The second-order valence-corrected chi connectivity index (χ2v) is 25.6. The lowest BCUT2D eigenvalue weighted by Gasteiger charge is -2.51. The molecule has 1 aromatic carbocycles. The molecule has 0 saturated carbocycles. The second-order valence-electron chi connectivity index (χ2n) is 23.5. The Morgan fingerprint density at radius 1 is 0.987 bits per heavy atom. The summed E-state index contributed by atoms with van der Waals surface area (Å²) in [5.41, 5.74) is -1.77. The number of nitrogens with zero attached hydrogens (tertiary/aromatic N) is 5. The highest BCUT2D eigenvalue weighted by Gasteiger charge is 2.55. The van der Waals surface area contributed by atoms with Gasteiger partial charge in [-0.25, -0.2) is 17.5 Å². The van der Waals surface area contributed by atoms with Gasteiger partial charge in [-0.3, -0.25) is 4.79 Å². The first-order valence-corrected chi connectivity index (χ1v) is 29.0. The predicted octanol–water partition coefficient (Wildman–Crippen LogP) is 4.09. The smallest absolute Gasteiger partial charge is 0.309 e. The lowest BCUT2D eigenvalue weighted by Crippen LogP contribution is -2.62. The van der Waals surface area contributed by atoms with Crippen LogP contribution in [0.1, 0.15) is 124 Å². The van der Waals surface area contributed by atoms with Crippen LogP contribution in [0.25, 0.3) is 5.57 Å². The Labute approximate surface area is 450 Å². The van der Waals surface area contributed by atoms with Crippen molar-refractivity contribution >= 4 is 21.4 Å². The first-order chi connectivity index (χ1) is 35.5. The number of likely N-dealkylation sites (N-methyl/N-ethyl adjacent to an activating group) is 2. The molecule has 0 aliphatic carbocycles. The number of hydrogen-bond acceptors (Lipinski definition) is 18. The molecule has 6 rings (SSSR count). The van der Waals surface area contributed by atoms with Crippen molar-refractivity contribution in [2.24, 2.45) is 23.7 Å². The van der Waals surface area contributed by atoms with Gasteiger partial charge >= 0.3 is 5.97 Å². The molecule has 0 radical (unpaired) electrons. The Bertz CT molecular complexity index is 2360. The zero-order chi connectivity index (χ0) is 56.4. The van der Waals surface area contributed by atoms with Gasteiger partial charge in [-0.05, 0) is 103 Å². The summed E-state index contributed by atoms with van der Waals surface area (Å²) in [6, 6.07) is 5.30. The van der Waals surface area contributed by atoms with Gasteiger partial charge < -0.3 is 63.8 Å². The number of aromatic nitrogens is 3. The predicted molar refractivity (Wildman–Crippen MR) is 283 cm³/mol. The van der Waals surface area contributed by atoms with Crippen molar-refractivity contribution in [3.8, 4) is 0 Å². The summed E-state index contributed by atoms with van der Waals surface area (Å²) in [7, 11) is 3.57. The van der Waals surface area contributed by atoms with Crippen molar-refractivity contribution < 1.29 is 71.6 Å². The molecule has 19 nitrogen and oxygen atoms in total. The van der Waals surface area contributed by atoms with E-state index in [-0.39, 0.29) is 36.7 Å². The lowest BCUT2D eigenvalue weighted by atomic mass is 9.68. The van der Waals surface area contributed by atoms with Gasteiger partial charge in [0.1, 0.15) is 48.8 Å². The minimum Gasteiger partial charge on any atom is -0.459 e. The molecule has 0 amide bonds. The quantitative estimate of drug-likeness (QED) is 0.158. The lowest BCUT2D eigenvalue weighted by molar-refractivity contribution is -0.302. The summed E-state index contributed by atoms with van der Waals surface area (Å²) >= 11 is 0. The van der Waals surface area contributed by atoms with E-state index < -0.39 is 136 Å². The Morgan fingerprint density at radius 2 is 1.66 bits per heavy atom. The number of hydrogen-bond donors (Lipinski definition) is 5. The van der Waals surface area contributed by atoms with E-state index in [4.69, 9.17) is 28.4 Å². The van der Waals surface area contributed by atoms with Crippen LogP contribution in [0.5, 0.6) is 0 Å². The van der Waals surface area contributed by atoms with Crippen molar-refractivity contribution in [2.45, 2.75) is 197 Å². The van der Waals surface area contributed by atoms with Gasteiger partial charge in [0.05, 0.1) is 58.7 Å². The van der Waals surface area contributed by atoms with E-state index in [1.807, 2.05) is 56.8 Å². The van der Waals surface area contributed by atoms with Crippen LogP contribution >= 0.6 is 0 Å². The van der Waals surface area contributed by atoms with Crippen molar-refractivity contribution in [1.82, 2.24) is 24.8 Å². The topological polar surface area (TPSA) is 245 Å². The van der Waals surface area contributed by atoms with Crippen molar-refractivity contribution in [1.29, 1.82) is 0 Å². The van der Waals surface area contributed by atoms with E-state index >= 15 is 0 Å². The van der Waals surface area contributed by atoms with Crippen LogP contribution < -0.4 is 0 Å². The molecule has 20 atom stereocenters. The average Bonchev–Trinajstić information content (AvgIpc) is 4.00. The minimum absolute atomic E-state index is 0.00786. The molecule has 3 saturated heterocycles. The first kappa shape index (κ1) is 62.2. The maximum absolute atomic E-state index is 14.9. The van der Waals surface area contributed by atoms with E-state index in [0.29, 0.717) is 37.2 Å². The van der Waals surface area contributed by atoms with E-state index in [2.05, 4.69) is 10.3 Å². The summed E-state index contributed by atoms with van der Waals surface area (Å²) in [5, 5.41) is 69.0. The fourth-order valence-corrected chi connectivity index (χ4v) is 14.1. The maximum atomic E-state index is 14.9. The number of rotatable bonds is 15. The standard InChI is InChI=1S/C55H90FN5O14S/c1-15-44-55(10,67)48(63)35(6)60(12)28-31(2)25-53(8,66)50(33(4)45(34(5)51(65)74-44)43-26-54(9,71-14)49(64)36(7)73-43)75-52-46(62)41(24-32(3)72-52)59(11)22-20-40-29-61(58-57-40)42(27-56)47(70-13)38-18-16-37(17-19-38)39-21-23-76(68,69)30-39/h16-19,21,29,31-36,41-50,52,62-64,66-67H,15,20,22-28,30H2,1-14H3/t31-,32-,33+,34-,35-,36+,41+,42-,43?,44-,45+,46-,47-,48-,49+,50-,52+,53-,54-,55-/m1/s1. The maximum Gasteiger partial charge on any atom is 0.309 e.